The molecule has 1 aromatic carbocycles. The molecule has 0 radical (unpaired) electrons. The third-order valence-corrected chi connectivity index (χ3v) is 1.92. The van der Waals surface area contributed by atoms with Crippen molar-refractivity contribution in [3.8, 4) is 0 Å². The third kappa shape index (κ3) is 2.27. The Morgan fingerprint density at radius 2 is 1.86 bits per heavy atom. The molecule has 1 aromatic rings. The van der Waals surface area contributed by atoms with Crippen LogP contribution in [0.5, 0.6) is 0 Å². The van der Waals surface area contributed by atoms with E-state index < -0.39 is 23.3 Å². The number of benzene rings is 1. The van der Waals surface area contributed by atoms with Crippen molar-refractivity contribution >= 4 is 0 Å². The smallest absolute Gasteiger partial charge is 0.129 e. The average Bonchev–Trinajstić information content (AvgIpc) is 2.06. The lowest BCUT2D eigenvalue weighted by molar-refractivity contribution is -0.0513. The Morgan fingerprint density at radius 3 is 2.36 bits per heavy atom. The summed E-state index contributed by atoms with van der Waals surface area (Å²) in [6.07, 6.45) is -1.45. The number of aliphatic hydroxyl groups is 2. The van der Waals surface area contributed by atoms with E-state index in [1.807, 2.05) is 0 Å². The summed E-state index contributed by atoms with van der Waals surface area (Å²) < 4.78 is 25.8. The topological polar surface area (TPSA) is 40.5 Å². The minimum absolute atomic E-state index is 0.238. The van der Waals surface area contributed by atoms with Crippen LogP contribution < -0.4 is 0 Å². The Morgan fingerprint density at radius 1 is 1.29 bits per heavy atom. The van der Waals surface area contributed by atoms with Gasteiger partial charge in [0.15, 0.2) is 0 Å². The molecule has 2 N–H and O–H groups in total. The molecule has 78 valence electrons. The molecule has 0 aliphatic rings. The van der Waals surface area contributed by atoms with Gasteiger partial charge in [0.25, 0.3) is 0 Å². The highest BCUT2D eigenvalue weighted by atomic mass is 19.1. The van der Waals surface area contributed by atoms with Crippen molar-refractivity contribution in [3.63, 3.8) is 0 Å². The van der Waals surface area contributed by atoms with Gasteiger partial charge in [-0.3, -0.25) is 0 Å². The highest BCUT2D eigenvalue weighted by Crippen LogP contribution is 2.27. The van der Waals surface area contributed by atoms with Crippen molar-refractivity contribution in [2.75, 3.05) is 0 Å². The summed E-state index contributed by atoms with van der Waals surface area (Å²) in [4.78, 5) is 0. The lowest BCUT2D eigenvalue weighted by Crippen LogP contribution is -2.29. The van der Waals surface area contributed by atoms with Crippen LogP contribution in [0.15, 0.2) is 18.2 Å². The highest BCUT2D eigenvalue weighted by Gasteiger charge is 2.28. The first-order chi connectivity index (χ1) is 6.32. The summed E-state index contributed by atoms with van der Waals surface area (Å²) in [6.45, 7) is 2.64. The highest BCUT2D eigenvalue weighted by molar-refractivity contribution is 5.22. The van der Waals surface area contributed by atoms with Gasteiger partial charge in [-0.2, -0.15) is 0 Å². The molecule has 0 spiro atoms. The summed E-state index contributed by atoms with van der Waals surface area (Å²) in [5, 5.41) is 18.9. The first kappa shape index (κ1) is 11.1. The van der Waals surface area contributed by atoms with Crippen LogP contribution in [0.4, 0.5) is 8.78 Å². The summed E-state index contributed by atoms with van der Waals surface area (Å²) in [6, 6.07) is 2.74. The molecule has 1 rings (SSSR count). The predicted octanol–water partition coefficient (Wildman–Crippen LogP) is 1.77. The first-order valence-electron chi connectivity index (χ1n) is 4.18. The average molecular weight is 202 g/mol. The molecular formula is C10H12F2O2. The normalized spacial score (nSPS) is 14.1. The molecule has 2 nitrogen and oxygen atoms in total. The summed E-state index contributed by atoms with van der Waals surface area (Å²) in [5.41, 5.74) is -1.74. The van der Waals surface area contributed by atoms with E-state index in [9.17, 15) is 19.0 Å². The maximum absolute atomic E-state index is 13.1. The number of halogens is 2. The Kier molecular flexibility index (Phi) is 2.87. The fourth-order valence-electron chi connectivity index (χ4n) is 1.10. The van der Waals surface area contributed by atoms with Crippen molar-refractivity contribution < 1.29 is 19.0 Å². The van der Waals surface area contributed by atoms with Gasteiger partial charge in [-0.05, 0) is 32.0 Å². The van der Waals surface area contributed by atoms with E-state index >= 15 is 0 Å². The third-order valence-electron chi connectivity index (χ3n) is 1.92. The summed E-state index contributed by atoms with van der Waals surface area (Å²) in [7, 11) is 0. The van der Waals surface area contributed by atoms with Gasteiger partial charge in [0, 0.05) is 5.56 Å². The van der Waals surface area contributed by atoms with Gasteiger partial charge in [-0.1, -0.05) is 0 Å². The second kappa shape index (κ2) is 3.63. The van der Waals surface area contributed by atoms with Gasteiger partial charge in [0.05, 0.1) is 5.60 Å². The summed E-state index contributed by atoms with van der Waals surface area (Å²) in [5.74, 6) is -1.38. The molecule has 0 aromatic heterocycles. The number of hydrogen-bond donors (Lipinski definition) is 2. The predicted molar refractivity (Wildman–Crippen MR) is 47.6 cm³/mol. The van der Waals surface area contributed by atoms with Gasteiger partial charge in [-0.25, -0.2) is 8.78 Å². The Hall–Kier alpha value is -1.00. The Bertz CT molecular complexity index is 331. The molecule has 0 saturated carbocycles. The van der Waals surface area contributed by atoms with Crippen LogP contribution in [0.2, 0.25) is 0 Å². The van der Waals surface area contributed by atoms with Gasteiger partial charge in [-0.15, -0.1) is 0 Å². The molecular weight excluding hydrogens is 190 g/mol. The lowest BCUT2D eigenvalue weighted by atomic mass is 9.94. The van der Waals surface area contributed by atoms with E-state index in [-0.39, 0.29) is 5.56 Å². The molecule has 14 heavy (non-hydrogen) atoms. The zero-order valence-corrected chi connectivity index (χ0v) is 7.96. The van der Waals surface area contributed by atoms with Crippen LogP contribution in [-0.4, -0.2) is 15.8 Å². The minimum Gasteiger partial charge on any atom is -0.387 e. The number of aliphatic hydroxyl groups excluding tert-OH is 1. The largest absolute Gasteiger partial charge is 0.387 e. The Balaban J connectivity index is 3.12. The van der Waals surface area contributed by atoms with E-state index in [4.69, 9.17) is 0 Å². The second-order valence-electron chi connectivity index (χ2n) is 3.72. The Labute approximate surface area is 80.8 Å². The summed E-state index contributed by atoms with van der Waals surface area (Å²) >= 11 is 0. The lowest BCUT2D eigenvalue weighted by Gasteiger charge is -2.25. The maximum Gasteiger partial charge on any atom is 0.129 e. The molecule has 0 aliphatic heterocycles. The van der Waals surface area contributed by atoms with E-state index in [2.05, 4.69) is 0 Å². The van der Waals surface area contributed by atoms with Gasteiger partial charge < -0.3 is 10.2 Å². The maximum atomic E-state index is 13.1. The van der Waals surface area contributed by atoms with E-state index in [1.165, 1.54) is 13.8 Å². The van der Waals surface area contributed by atoms with Gasteiger partial charge in [0.2, 0.25) is 0 Å². The second-order valence-corrected chi connectivity index (χ2v) is 3.72. The monoisotopic (exact) mass is 202 g/mol. The molecule has 0 heterocycles. The molecule has 0 bridgehead atoms. The SMILES string of the molecule is CC(C)(O)C(O)c1cc(F)ccc1F. The van der Waals surface area contributed by atoms with Crippen LogP contribution in [0.1, 0.15) is 25.5 Å². The van der Waals surface area contributed by atoms with Crippen LogP contribution >= 0.6 is 0 Å². The van der Waals surface area contributed by atoms with Crippen molar-refractivity contribution in [1.82, 2.24) is 0 Å². The minimum atomic E-state index is -1.51. The van der Waals surface area contributed by atoms with Crippen molar-refractivity contribution in [3.05, 3.63) is 35.4 Å². The van der Waals surface area contributed by atoms with Crippen molar-refractivity contribution in [2.24, 2.45) is 0 Å². The van der Waals surface area contributed by atoms with Crippen LogP contribution in [-0.2, 0) is 0 Å². The van der Waals surface area contributed by atoms with Crippen molar-refractivity contribution in [1.29, 1.82) is 0 Å². The van der Waals surface area contributed by atoms with Crippen molar-refractivity contribution in [2.45, 2.75) is 25.6 Å². The molecule has 0 aliphatic carbocycles. The zero-order valence-electron chi connectivity index (χ0n) is 7.96. The fourth-order valence-corrected chi connectivity index (χ4v) is 1.10. The van der Waals surface area contributed by atoms with Crippen LogP contribution in [0.3, 0.4) is 0 Å². The zero-order chi connectivity index (χ0) is 10.9. The van der Waals surface area contributed by atoms with Gasteiger partial charge >= 0.3 is 0 Å². The van der Waals surface area contributed by atoms with Crippen LogP contribution in [0, 0.1) is 11.6 Å². The van der Waals surface area contributed by atoms with E-state index in [0.29, 0.717) is 0 Å². The van der Waals surface area contributed by atoms with E-state index in [0.717, 1.165) is 18.2 Å². The standard InChI is InChI=1S/C10H12F2O2/c1-10(2,14)9(13)7-5-6(11)3-4-8(7)12/h3-5,9,13-14H,1-2H3. The quantitative estimate of drug-likeness (QED) is 0.767. The van der Waals surface area contributed by atoms with Crippen LogP contribution in [0.25, 0.3) is 0 Å². The molecule has 1 atom stereocenters. The fraction of sp³-hybridized carbons (Fsp3) is 0.400. The number of hydrogen-bond acceptors (Lipinski definition) is 2. The molecule has 0 fully saturated rings. The molecule has 0 saturated heterocycles. The molecule has 4 heteroatoms. The number of rotatable bonds is 2. The van der Waals surface area contributed by atoms with E-state index in [1.54, 1.807) is 0 Å². The molecule has 0 amide bonds. The first-order valence-corrected chi connectivity index (χ1v) is 4.18. The van der Waals surface area contributed by atoms with Gasteiger partial charge in [0.1, 0.15) is 17.7 Å². The molecule has 1 unspecified atom stereocenters.